The third-order valence-electron chi connectivity index (χ3n) is 5.12. The number of para-hydroxylation sites is 2. The Bertz CT molecular complexity index is 1400. The van der Waals surface area contributed by atoms with Crippen molar-refractivity contribution in [2.75, 3.05) is 29.9 Å². The van der Waals surface area contributed by atoms with Crippen LogP contribution < -0.4 is 19.1 Å². The molecular formula is C24H24ClN3O7S. The zero-order valence-electron chi connectivity index (χ0n) is 19.7. The Morgan fingerprint density at radius 2 is 1.83 bits per heavy atom. The number of sulfonamides is 1. The van der Waals surface area contributed by atoms with Crippen molar-refractivity contribution in [3.05, 3.63) is 81.4 Å². The van der Waals surface area contributed by atoms with Crippen LogP contribution in [-0.4, -0.2) is 39.5 Å². The maximum Gasteiger partial charge on any atom is 0.273 e. The average Bonchev–Trinajstić information content (AvgIpc) is 2.83. The minimum absolute atomic E-state index is 0.0125. The number of nitrogens with one attached hydrogen (secondary N) is 1. The predicted molar refractivity (Wildman–Crippen MR) is 137 cm³/mol. The number of nitrogens with zero attached hydrogens (tertiary/aromatic N) is 2. The van der Waals surface area contributed by atoms with Gasteiger partial charge in [-0.3, -0.25) is 19.2 Å². The molecule has 0 aliphatic heterocycles. The molecule has 0 radical (unpaired) electrons. The Morgan fingerprint density at radius 3 is 2.50 bits per heavy atom. The van der Waals surface area contributed by atoms with Crippen LogP contribution >= 0.6 is 11.6 Å². The van der Waals surface area contributed by atoms with E-state index in [1.807, 2.05) is 0 Å². The van der Waals surface area contributed by atoms with E-state index in [0.29, 0.717) is 18.0 Å². The van der Waals surface area contributed by atoms with Crippen LogP contribution in [0.1, 0.15) is 12.5 Å². The molecule has 3 rings (SSSR count). The number of carbonyl (C=O) groups is 1. The molecule has 36 heavy (non-hydrogen) atoms. The first kappa shape index (κ1) is 26.8. The monoisotopic (exact) mass is 533 g/mol. The molecule has 0 aliphatic carbocycles. The molecule has 12 heteroatoms. The van der Waals surface area contributed by atoms with Gasteiger partial charge in [0.15, 0.2) is 0 Å². The number of benzene rings is 3. The Labute approximate surface area is 213 Å². The number of halogens is 1. The van der Waals surface area contributed by atoms with Crippen molar-refractivity contribution in [1.82, 2.24) is 0 Å². The van der Waals surface area contributed by atoms with Crippen LogP contribution in [0.15, 0.2) is 65.6 Å². The zero-order valence-corrected chi connectivity index (χ0v) is 21.3. The summed E-state index contributed by atoms with van der Waals surface area (Å²) in [5.74, 6) is -0.140. The van der Waals surface area contributed by atoms with E-state index >= 15 is 0 Å². The lowest BCUT2D eigenvalue weighted by Gasteiger charge is -2.26. The molecule has 0 saturated carbocycles. The highest BCUT2D eigenvalue weighted by molar-refractivity contribution is 7.92. The molecule has 0 heterocycles. The van der Waals surface area contributed by atoms with Gasteiger partial charge >= 0.3 is 0 Å². The lowest BCUT2D eigenvalue weighted by molar-refractivity contribution is -0.385. The number of nitro benzene ring substituents is 1. The fourth-order valence-corrected chi connectivity index (χ4v) is 5.01. The third-order valence-corrected chi connectivity index (χ3v) is 7.11. The van der Waals surface area contributed by atoms with Gasteiger partial charge < -0.3 is 14.8 Å². The molecule has 0 aliphatic rings. The number of ether oxygens (including phenoxy) is 2. The fourth-order valence-electron chi connectivity index (χ4n) is 3.40. The van der Waals surface area contributed by atoms with Crippen LogP contribution in [0, 0.1) is 17.0 Å². The number of hydrogen-bond acceptors (Lipinski definition) is 7. The Hall–Kier alpha value is -3.83. The molecule has 3 aromatic carbocycles. The highest BCUT2D eigenvalue weighted by Gasteiger charge is 2.31. The number of rotatable bonds is 10. The summed E-state index contributed by atoms with van der Waals surface area (Å²) < 4.78 is 39.1. The van der Waals surface area contributed by atoms with Crippen molar-refractivity contribution in [3.63, 3.8) is 0 Å². The summed E-state index contributed by atoms with van der Waals surface area (Å²) >= 11 is 6.14. The lowest BCUT2D eigenvalue weighted by atomic mass is 10.2. The standard InChI is InChI=1S/C24H24ClN3O7S/c1-4-35-22-8-6-5-7-19(22)26-24(29)15-27(21-13-17(25)10-12-23(21)34-3)36(32,33)18-11-9-16(2)20(14-18)28(30)31/h5-14H,4,15H2,1-3H3,(H,26,29). The summed E-state index contributed by atoms with van der Waals surface area (Å²) in [6.07, 6.45) is 0. The van der Waals surface area contributed by atoms with Gasteiger partial charge in [0, 0.05) is 16.7 Å². The maximum absolute atomic E-state index is 13.8. The van der Waals surface area contributed by atoms with Crippen LogP contribution in [0.4, 0.5) is 17.1 Å². The highest BCUT2D eigenvalue weighted by Crippen LogP contribution is 2.36. The van der Waals surface area contributed by atoms with Crippen LogP contribution in [0.5, 0.6) is 11.5 Å². The van der Waals surface area contributed by atoms with Gasteiger partial charge in [-0.25, -0.2) is 8.42 Å². The average molecular weight is 534 g/mol. The second-order valence-corrected chi connectivity index (χ2v) is 9.81. The largest absolute Gasteiger partial charge is 0.495 e. The molecule has 0 atom stereocenters. The minimum atomic E-state index is -4.49. The van der Waals surface area contributed by atoms with Crippen molar-refractivity contribution in [2.24, 2.45) is 0 Å². The van der Waals surface area contributed by atoms with E-state index in [-0.39, 0.29) is 32.6 Å². The number of anilines is 2. The highest BCUT2D eigenvalue weighted by atomic mass is 35.5. The molecule has 1 N–H and O–H groups in total. The summed E-state index contributed by atoms with van der Waals surface area (Å²) in [7, 11) is -3.15. The fraction of sp³-hybridized carbons (Fsp3) is 0.208. The molecular weight excluding hydrogens is 510 g/mol. The van der Waals surface area contributed by atoms with E-state index in [2.05, 4.69) is 5.32 Å². The van der Waals surface area contributed by atoms with E-state index in [4.69, 9.17) is 21.1 Å². The van der Waals surface area contributed by atoms with E-state index in [0.717, 1.165) is 10.4 Å². The van der Waals surface area contributed by atoms with Gasteiger partial charge in [-0.2, -0.15) is 0 Å². The smallest absolute Gasteiger partial charge is 0.273 e. The predicted octanol–water partition coefficient (Wildman–Crippen LogP) is 4.80. The van der Waals surface area contributed by atoms with Gasteiger partial charge in [-0.1, -0.05) is 29.8 Å². The van der Waals surface area contributed by atoms with Gasteiger partial charge in [0.1, 0.15) is 18.0 Å². The SMILES string of the molecule is CCOc1ccccc1NC(=O)CN(c1cc(Cl)ccc1OC)S(=O)(=O)c1ccc(C)c([N+](=O)[O-])c1. The van der Waals surface area contributed by atoms with Crippen molar-refractivity contribution < 1.29 is 27.6 Å². The zero-order chi connectivity index (χ0) is 26.5. The molecule has 0 spiro atoms. The van der Waals surface area contributed by atoms with Gasteiger partial charge in [0.25, 0.3) is 15.7 Å². The second-order valence-electron chi connectivity index (χ2n) is 7.51. The van der Waals surface area contributed by atoms with Gasteiger partial charge in [0.05, 0.1) is 34.9 Å². The number of aryl methyl sites for hydroxylation is 1. The van der Waals surface area contributed by atoms with E-state index in [1.165, 1.54) is 44.4 Å². The van der Waals surface area contributed by atoms with Crippen LogP contribution in [-0.2, 0) is 14.8 Å². The first-order chi connectivity index (χ1) is 17.1. The summed E-state index contributed by atoms with van der Waals surface area (Å²) in [5, 5.41) is 14.3. The van der Waals surface area contributed by atoms with Crippen molar-refractivity contribution in [3.8, 4) is 11.5 Å². The summed E-state index contributed by atoms with van der Waals surface area (Å²) in [6, 6.07) is 14.5. The minimum Gasteiger partial charge on any atom is -0.495 e. The Balaban J connectivity index is 2.09. The molecule has 0 saturated heterocycles. The number of hydrogen-bond donors (Lipinski definition) is 1. The molecule has 0 aromatic heterocycles. The summed E-state index contributed by atoms with van der Waals surface area (Å²) in [6.45, 7) is 2.97. The number of methoxy groups -OCH3 is 1. The van der Waals surface area contributed by atoms with Crippen molar-refractivity contribution in [1.29, 1.82) is 0 Å². The Kier molecular flexibility index (Phi) is 8.38. The quantitative estimate of drug-likeness (QED) is 0.293. The van der Waals surface area contributed by atoms with E-state index in [9.17, 15) is 23.3 Å². The molecule has 3 aromatic rings. The summed E-state index contributed by atoms with van der Waals surface area (Å²) in [5.41, 5.74) is 0.257. The van der Waals surface area contributed by atoms with Crippen molar-refractivity contribution >= 4 is 44.6 Å². The molecule has 0 fully saturated rings. The lowest BCUT2D eigenvalue weighted by Crippen LogP contribution is -2.38. The van der Waals surface area contributed by atoms with E-state index < -0.39 is 27.4 Å². The number of amides is 1. The maximum atomic E-state index is 13.8. The van der Waals surface area contributed by atoms with Gasteiger partial charge in [-0.15, -0.1) is 0 Å². The number of carbonyl (C=O) groups excluding carboxylic acids is 1. The Morgan fingerprint density at radius 1 is 1.11 bits per heavy atom. The van der Waals surface area contributed by atoms with Crippen LogP contribution in [0.25, 0.3) is 0 Å². The molecule has 10 nitrogen and oxygen atoms in total. The normalized spacial score (nSPS) is 11.0. The molecule has 0 unspecified atom stereocenters. The molecule has 190 valence electrons. The molecule has 0 bridgehead atoms. The van der Waals surface area contributed by atoms with E-state index in [1.54, 1.807) is 31.2 Å². The first-order valence-electron chi connectivity index (χ1n) is 10.7. The van der Waals surface area contributed by atoms with Gasteiger partial charge in [0.2, 0.25) is 5.91 Å². The molecule has 1 amide bonds. The first-order valence-corrected chi connectivity index (χ1v) is 12.5. The van der Waals surface area contributed by atoms with Gasteiger partial charge in [-0.05, 0) is 50.2 Å². The second kappa shape index (κ2) is 11.3. The van der Waals surface area contributed by atoms with Crippen LogP contribution in [0.2, 0.25) is 5.02 Å². The van der Waals surface area contributed by atoms with Crippen LogP contribution in [0.3, 0.4) is 0 Å². The summed E-state index contributed by atoms with van der Waals surface area (Å²) in [4.78, 5) is 23.5. The topological polar surface area (TPSA) is 128 Å². The third kappa shape index (κ3) is 5.86. The number of nitro groups is 1. The van der Waals surface area contributed by atoms with Crippen molar-refractivity contribution in [2.45, 2.75) is 18.7 Å².